The van der Waals surface area contributed by atoms with Crippen LogP contribution in [0.3, 0.4) is 0 Å². The number of rotatable bonds is 10. The Labute approximate surface area is 210 Å². The van der Waals surface area contributed by atoms with Crippen LogP contribution in [0.15, 0.2) is 0 Å². The van der Waals surface area contributed by atoms with E-state index in [0.717, 1.165) is 4.90 Å². The molecule has 3 N–H and O–H groups in total. The molecule has 0 bridgehead atoms. The largest absolute Gasteiger partial charge is 0.471 e. The maximum atomic E-state index is 13.3. The molecule has 6 atom stereocenters. The van der Waals surface area contributed by atoms with E-state index in [4.69, 9.17) is 0 Å². The van der Waals surface area contributed by atoms with Crippen LogP contribution >= 0.6 is 0 Å². The zero-order valence-electron chi connectivity index (χ0n) is 20.4. The third kappa shape index (κ3) is 6.30. The van der Waals surface area contributed by atoms with E-state index in [0.29, 0.717) is 13.0 Å². The summed E-state index contributed by atoms with van der Waals surface area (Å²) in [5.41, 5.74) is -0.355. The number of likely N-dealkylation sites (tertiary alicyclic amines) is 1. The van der Waals surface area contributed by atoms with E-state index in [2.05, 4.69) is 10.6 Å². The van der Waals surface area contributed by atoms with Gasteiger partial charge < -0.3 is 20.9 Å². The summed E-state index contributed by atoms with van der Waals surface area (Å²) in [4.78, 5) is 51.1. The Morgan fingerprint density at radius 3 is 2.43 bits per heavy atom. The molecule has 0 aromatic carbocycles. The van der Waals surface area contributed by atoms with Crippen LogP contribution in [0.4, 0.5) is 22.0 Å². The van der Waals surface area contributed by atoms with Crippen LogP contribution < -0.4 is 16.0 Å². The second kappa shape index (κ2) is 10.8. The minimum Gasteiger partial charge on any atom is -0.356 e. The highest BCUT2D eigenvalue weighted by Gasteiger charge is 2.69. The minimum atomic E-state index is -5.29. The van der Waals surface area contributed by atoms with Gasteiger partial charge in [-0.3, -0.25) is 19.2 Å². The number of amides is 4. The van der Waals surface area contributed by atoms with Gasteiger partial charge >= 0.3 is 12.1 Å². The first-order valence-electron chi connectivity index (χ1n) is 12.1. The van der Waals surface area contributed by atoms with Crippen molar-refractivity contribution in [2.45, 2.75) is 76.7 Å². The van der Waals surface area contributed by atoms with Crippen molar-refractivity contribution in [1.29, 1.82) is 5.26 Å². The highest BCUT2D eigenvalue weighted by molar-refractivity contribution is 5.94. The lowest BCUT2D eigenvalue weighted by Gasteiger charge is -2.33. The third-order valence-corrected chi connectivity index (χ3v) is 7.69. The summed E-state index contributed by atoms with van der Waals surface area (Å²) in [6.45, 7) is 4.24. The quantitative estimate of drug-likeness (QED) is 0.365. The number of carbonyl (C=O) groups is 4. The number of fused-ring (bicyclic) bond motifs is 1. The van der Waals surface area contributed by atoms with E-state index in [-0.39, 0.29) is 42.5 Å². The second-order valence-corrected chi connectivity index (χ2v) is 10.4. The average molecular weight is 536 g/mol. The molecule has 0 aromatic rings. The van der Waals surface area contributed by atoms with E-state index in [1.165, 1.54) is 0 Å². The van der Waals surface area contributed by atoms with Gasteiger partial charge in [-0.25, -0.2) is 8.78 Å². The first-order valence-corrected chi connectivity index (χ1v) is 12.1. The zero-order valence-corrected chi connectivity index (χ0v) is 20.4. The molecule has 0 spiro atoms. The number of halogens is 5. The van der Waals surface area contributed by atoms with Gasteiger partial charge in [0.05, 0.1) is 6.07 Å². The minimum absolute atomic E-state index is 0.0318. The van der Waals surface area contributed by atoms with Crippen molar-refractivity contribution in [2.24, 2.45) is 23.2 Å². The number of nitriles is 1. The normalized spacial score (nSPS) is 27.6. The number of hydrogen-bond donors (Lipinski definition) is 3. The lowest BCUT2D eigenvalue weighted by atomic mass is 9.97. The van der Waals surface area contributed by atoms with Gasteiger partial charge in [0.2, 0.25) is 24.1 Å². The average Bonchev–Trinajstić information content (AvgIpc) is 3.16. The Hall–Kier alpha value is -2.98. The fourth-order valence-corrected chi connectivity index (χ4v) is 5.54. The van der Waals surface area contributed by atoms with Crippen molar-refractivity contribution in [1.82, 2.24) is 20.9 Å². The number of hydrogen-bond acceptors (Lipinski definition) is 5. The van der Waals surface area contributed by atoms with Gasteiger partial charge in [-0.15, -0.1) is 0 Å². The summed E-state index contributed by atoms with van der Waals surface area (Å²) in [5.74, 6) is -5.23. The monoisotopic (exact) mass is 535 g/mol. The van der Waals surface area contributed by atoms with Crippen molar-refractivity contribution in [2.75, 3.05) is 13.1 Å². The van der Waals surface area contributed by atoms with Crippen LogP contribution in [-0.2, 0) is 19.2 Å². The number of nitrogens with one attached hydrogen (secondary N) is 3. The molecule has 3 aliphatic rings. The van der Waals surface area contributed by atoms with Gasteiger partial charge in [0.1, 0.15) is 18.1 Å². The molecule has 14 heteroatoms. The highest BCUT2D eigenvalue weighted by atomic mass is 19.4. The molecule has 206 valence electrons. The third-order valence-electron chi connectivity index (χ3n) is 7.69. The Morgan fingerprint density at radius 1 is 1.22 bits per heavy atom. The maximum absolute atomic E-state index is 13.3. The molecule has 1 aliphatic carbocycles. The van der Waals surface area contributed by atoms with Gasteiger partial charge in [0, 0.05) is 25.4 Å². The molecule has 37 heavy (non-hydrogen) atoms. The van der Waals surface area contributed by atoms with Crippen molar-refractivity contribution in [3.63, 3.8) is 0 Å². The fourth-order valence-electron chi connectivity index (χ4n) is 5.54. The number of nitrogens with zero attached hydrogens (tertiary/aromatic N) is 2. The molecule has 0 radical (unpaired) electrons. The molecule has 4 amide bonds. The van der Waals surface area contributed by atoms with Crippen LogP contribution in [0.2, 0.25) is 0 Å². The lowest BCUT2D eigenvalue weighted by molar-refractivity contribution is -0.175. The van der Waals surface area contributed by atoms with Crippen LogP contribution in [0.5, 0.6) is 0 Å². The molecule has 3 rings (SSSR count). The molecule has 2 saturated heterocycles. The lowest BCUT2D eigenvalue weighted by Crippen LogP contribution is -2.57. The molecule has 3 unspecified atom stereocenters. The molecule has 2 heterocycles. The van der Waals surface area contributed by atoms with E-state index in [1.54, 1.807) is 5.32 Å². The van der Waals surface area contributed by atoms with Gasteiger partial charge in [-0.05, 0) is 42.9 Å². The van der Waals surface area contributed by atoms with Gasteiger partial charge in [-0.1, -0.05) is 13.8 Å². The highest BCUT2D eigenvalue weighted by Crippen LogP contribution is 2.65. The first-order chi connectivity index (χ1) is 17.2. The first kappa shape index (κ1) is 28.6. The van der Waals surface area contributed by atoms with Crippen LogP contribution in [0.1, 0.15) is 46.0 Å². The smallest absolute Gasteiger partial charge is 0.356 e. The Balaban J connectivity index is 1.77. The van der Waals surface area contributed by atoms with Crippen LogP contribution in [0, 0.1) is 34.5 Å². The molecular weight excluding hydrogens is 505 g/mol. The Kier molecular flexibility index (Phi) is 8.34. The van der Waals surface area contributed by atoms with Crippen molar-refractivity contribution in [3.05, 3.63) is 0 Å². The Bertz CT molecular complexity index is 966. The van der Waals surface area contributed by atoms with E-state index in [1.807, 2.05) is 19.9 Å². The SMILES string of the molecule is CC1(C)C2CN(C(=O)[C@H](CCCC(F)F)NC(=O)C(F)(F)F)C(C(=O)N[C@H](C#N)C[C@@H]3CCNC3=O)C21. The zero-order chi connectivity index (χ0) is 27.7. The summed E-state index contributed by atoms with van der Waals surface area (Å²) in [5, 5.41) is 16.3. The van der Waals surface area contributed by atoms with Crippen LogP contribution in [-0.4, -0.2) is 72.3 Å². The van der Waals surface area contributed by atoms with Gasteiger partial charge in [0.25, 0.3) is 0 Å². The summed E-state index contributed by atoms with van der Waals surface area (Å²) >= 11 is 0. The second-order valence-electron chi connectivity index (χ2n) is 10.4. The molecule has 2 aliphatic heterocycles. The fraction of sp³-hybridized carbons (Fsp3) is 0.783. The summed E-state index contributed by atoms with van der Waals surface area (Å²) in [7, 11) is 0. The molecular formula is C23H30F5N5O4. The molecule has 0 aromatic heterocycles. The van der Waals surface area contributed by atoms with Crippen molar-refractivity contribution >= 4 is 23.6 Å². The number of alkyl halides is 5. The number of piperidine rings is 1. The van der Waals surface area contributed by atoms with Crippen molar-refractivity contribution < 1.29 is 41.1 Å². The molecule has 1 saturated carbocycles. The predicted octanol–water partition coefficient (Wildman–Crippen LogP) is 1.49. The maximum Gasteiger partial charge on any atom is 0.471 e. The standard InChI is InChI=1S/C23H30F5N5O4/c1-22(2)13-10-33(20(36)14(4-3-5-15(24)25)32-21(37)23(26,27)28)17(16(13)22)19(35)31-12(9-29)8-11-6-7-30-18(11)34/h11-17H,3-8,10H2,1-2H3,(H,30,34)(H,31,35)(H,32,37)/t11-,12-,13?,14-,16?,17?/m0/s1. The van der Waals surface area contributed by atoms with E-state index < -0.39 is 67.2 Å². The van der Waals surface area contributed by atoms with Crippen molar-refractivity contribution in [3.8, 4) is 6.07 Å². The molecule has 9 nitrogen and oxygen atoms in total. The van der Waals surface area contributed by atoms with E-state index in [9.17, 15) is 46.4 Å². The number of carbonyl (C=O) groups excluding carboxylic acids is 4. The van der Waals surface area contributed by atoms with Gasteiger partial charge in [-0.2, -0.15) is 18.4 Å². The topological polar surface area (TPSA) is 131 Å². The Morgan fingerprint density at radius 2 is 1.89 bits per heavy atom. The summed E-state index contributed by atoms with van der Waals surface area (Å²) in [6, 6.07) is -1.98. The molecule has 3 fully saturated rings. The summed E-state index contributed by atoms with van der Waals surface area (Å²) in [6.07, 6.45) is -8.94. The van der Waals surface area contributed by atoms with Crippen LogP contribution in [0.25, 0.3) is 0 Å². The predicted molar refractivity (Wildman–Crippen MR) is 117 cm³/mol. The van der Waals surface area contributed by atoms with E-state index >= 15 is 0 Å². The van der Waals surface area contributed by atoms with Gasteiger partial charge in [0.15, 0.2) is 0 Å². The summed E-state index contributed by atoms with van der Waals surface area (Å²) < 4.78 is 63.8.